The predicted molar refractivity (Wildman–Crippen MR) is 84.1 cm³/mol. The van der Waals surface area contributed by atoms with E-state index in [4.69, 9.17) is 4.42 Å². The Balaban J connectivity index is 2.01. The molecular weight excluding hydrogens is 300 g/mol. The largest absolute Gasteiger partial charge is 0.468 e. The standard InChI is InChI=1S/C15H20N4O4/c1-17(2)11(12-5-4-8-23-12)9-16-13(20)10-19-7-6-14(21)18(3)15(19)22/h4-8,11H,9-10H2,1-3H3,(H,16,20)/t11-/m0/s1. The molecule has 2 aromatic rings. The summed E-state index contributed by atoms with van der Waals surface area (Å²) in [6.07, 6.45) is 2.90. The summed E-state index contributed by atoms with van der Waals surface area (Å²) < 4.78 is 7.52. The van der Waals surface area contributed by atoms with E-state index in [0.29, 0.717) is 6.54 Å². The van der Waals surface area contributed by atoms with Crippen LogP contribution < -0.4 is 16.6 Å². The minimum atomic E-state index is -0.525. The molecule has 0 aliphatic carbocycles. The van der Waals surface area contributed by atoms with Crippen LogP contribution in [0.4, 0.5) is 0 Å². The number of hydrogen-bond acceptors (Lipinski definition) is 5. The van der Waals surface area contributed by atoms with Gasteiger partial charge in [-0.15, -0.1) is 0 Å². The normalized spacial score (nSPS) is 12.3. The summed E-state index contributed by atoms with van der Waals surface area (Å²) in [4.78, 5) is 37.2. The van der Waals surface area contributed by atoms with Crippen LogP contribution in [0, 0.1) is 0 Å². The average molecular weight is 320 g/mol. The van der Waals surface area contributed by atoms with E-state index in [1.807, 2.05) is 25.1 Å². The quantitative estimate of drug-likeness (QED) is 0.779. The van der Waals surface area contributed by atoms with E-state index < -0.39 is 11.2 Å². The van der Waals surface area contributed by atoms with Gasteiger partial charge in [0.2, 0.25) is 5.91 Å². The molecule has 8 heteroatoms. The van der Waals surface area contributed by atoms with Crippen molar-refractivity contribution in [3.05, 3.63) is 57.3 Å². The molecule has 2 heterocycles. The molecule has 1 N–H and O–H groups in total. The highest BCUT2D eigenvalue weighted by molar-refractivity contribution is 5.75. The number of carbonyl (C=O) groups is 1. The van der Waals surface area contributed by atoms with Gasteiger partial charge in [0.25, 0.3) is 5.56 Å². The van der Waals surface area contributed by atoms with E-state index in [1.165, 1.54) is 23.9 Å². The van der Waals surface area contributed by atoms with Crippen molar-refractivity contribution in [3.8, 4) is 0 Å². The summed E-state index contributed by atoms with van der Waals surface area (Å²) in [6, 6.07) is 4.78. The first-order valence-electron chi connectivity index (χ1n) is 7.13. The van der Waals surface area contributed by atoms with E-state index >= 15 is 0 Å². The molecule has 1 atom stereocenters. The number of carbonyl (C=O) groups excluding carboxylic acids is 1. The second-order valence-corrected chi connectivity index (χ2v) is 5.42. The molecule has 0 spiro atoms. The molecule has 8 nitrogen and oxygen atoms in total. The monoisotopic (exact) mass is 320 g/mol. The van der Waals surface area contributed by atoms with Crippen LogP contribution >= 0.6 is 0 Å². The summed E-state index contributed by atoms with van der Waals surface area (Å²) >= 11 is 0. The van der Waals surface area contributed by atoms with Crippen molar-refractivity contribution < 1.29 is 9.21 Å². The minimum Gasteiger partial charge on any atom is -0.468 e. The Labute approximate surface area is 132 Å². The fourth-order valence-electron chi connectivity index (χ4n) is 2.18. The first kappa shape index (κ1) is 16.8. The summed E-state index contributed by atoms with van der Waals surface area (Å²) in [5, 5.41) is 2.77. The lowest BCUT2D eigenvalue weighted by Crippen LogP contribution is -2.41. The molecule has 0 aliphatic heterocycles. The van der Waals surface area contributed by atoms with E-state index in [9.17, 15) is 14.4 Å². The maximum atomic E-state index is 12.1. The first-order chi connectivity index (χ1) is 10.9. The van der Waals surface area contributed by atoms with Gasteiger partial charge in [-0.05, 0) is 26.2 Å². The molecule has 0 aromatic carbocycles. The van der Waals surface area contributed by atoms with Crippen molar-refractivity contribution in [3.63, 3.8) is 0 Å². The molecule has 2 aromatic heterocycles. The Morgan fingerprint density at radius 3 is 2.70 bits per heavy atom. The van der Waals surface area contributed by atoms with Crippen LogP contribution in [0.1, 0.15) is 11.8 Å². The molecule has 0 bridgehead atoms. The van der Waals surface area contributed by atoms with Gasteiger partial charge in [-0.1, -0.05) is 0 Å². The lowest BCUT2D eigenvalue weighted by atomic mass is 10.2. The van der Waals surface area contributed by atoms with Gasteiger partial charge in [0.15, 0.2) is 0 Å². The summed E-state index contributed by atoms with van der Waals surface area (Å²) in [6.45, 7) is 0.200. The van der Waals surface area contributed by atoms with Crippen molar-refractivity contribution in [2.24, 2.45) is 7.05 Å². The minimum absolute atomic E-state index is 0.106. The van der Waals surface area contributed by atoms with Crippen LogP contribution in [-0.2, 0) is 18.4 Å². The zero-order valence-electron chi connectivity index (χ0n) is 13.4. The van der Waals surface area contributed by atoms with Crippen LogP contribution in [0.5, 0.6) is 0 Å². The van der Waals surface area contributed by atoms with E-state index in [-0.39, 0.29) is 18.5 Å². The molecule has 0 unspecified atom stereocenters. The van der Waals surface area contributed by atoms with E-state index in [2.05, 4.69) is 5.32 Å². The third-order valence-electron chi connectivity index (χ3n) is 3.56. The van der Waals surface area contributed by atoms with Crippen LogP contribution in [0.15, 0.2) is 44.7 Å². The Bertz CT molecular complexity index is 774. The zero-order valence-corrected chi connectivity index (χ0v) is 13.4. The van der Waals surface area contributed by atoms with Gasteiger partial charge in [-0.25, -0.2) is 4.79 Å². The van der Waals surface area contributed by atoms with Gasteiger partial charge in [0.05, 0.1) is 12.3 Å². The third-order valence-corrected chi connectivity index (χ3v) is 3.56. The van der Waals surface area contributed by atoms with Crippen LogP contribution in [0.3, 0.4) is 0 Å². The number of rotatable bonds is 6. The number of hydrogen-bond donors (Lipinski definition) is 1. The van der Waals surface area contributed by atoms with Crippen molar-refractivity contribution in [2.75, 3.05) is 20.6 Å². The van der Waals surface area contributed by atoms with E-state index in [1.54, 1.807) is 12.3 Å². The van der Waals surface area contributed by atoms with Gasteiger partial charge >= 0.3 is 5.69 Å². The molecule has 0 radical (unpaired) electrons. The van der Waals surface area contributed by atoms with Crippen molar-refractivity contribution in [2.45, 2.75) is 12.6 Å². The number of nitrogens with one attached hydrogen (secondary N) is 1. The summed E-state index contributed by atoms with van der Waals surface area (Å²) in [5.41, 5.74) is -0.931. The highest BCUT2D eigenvalue weighted by Gasteiger charge is 2.18. The molecular formula is C15H20N4O4. The van der Waals surface area contributed by atoms with Crippen molar-refractivity contribution >= 4 is 5.91 Å². The molecule has 124 valence electrons. The fraction of sp³-hybridized carbons (Fsp3) is 0.400. The number of aromatic nitrogens is 2. The SMILES string of the molecule is CN(C)[C@@H](CNC(=O)Cn1ccc(=O)n(C)c1=O)c1ccco1. The van der Waals surface area contributed by atoms with Crippen LogP contribution in [0.2, 0.25) is 0 Å². The second-order valence-electron chi connectivity index (χ2n) is 5.42. The lowest BCUT2D eigenvalue weighted by molar-refractivity contribution is -0.122. The van der Waals surface area contributed by atoms with Crippen molar-refractivity contribution in [1.82, 2.24) is 19.4 Å². The Morgan fingerprint density at radius 2 is 2.09 bits per heavy atom. The van der Waals surface area contributed by atoms with Crippen LogP contribution in [0.25, 0.3) is 0 Å². The van der Waals surface area contributed by atoms with Gasteiger partial charge in [0.1, 0.15) is 12.3 Å². The fourth-order valence-corrected chi connectivity index (χ4v) is 2.18. The molecule has 0 fully saturated rings. The van der Waals surface area contributed by atoms with Crippen LogP contribution in [-0.4, -0.2) is 40.6 Å². The molecule has 0 saturated carbocycles. The summed E-state index contributed by atoms with van der Waals surface area (Å²) in [5.74, 6) is 0.429. The van der Waals surface area contributed by atoms with E-state index in [0.717, 1.165) is 10.3 Å². The highest BCUT2D eigenvalue weighted by Crippen LogP contribution is 2.17. The van der Waals surface area contributed by atoms with Gasteiger partial charge < -0.3 is 9.73 Å². The number of nitrogens with zero attached hydrogens (tertiary/aromatic N) is 3. The smallest absolute Gasteiger partial charge is 0.331 e. The molecule has 1 amide bonds. The molecule has 0 aliphatic rings. The summed E-state index contributed by atoms with van der Waals surface area (Å²) in [7, 11) is 5.14. The Hall–Kier alpha value is -2.61. The Kier molecular flexibility index (Phi) is 5.17. The maximum Gasteiger partial charge on any atom is 0.331 e. The molecule has 0 saturated heterocycles. The predicted octanol–water partition coefficient (Wildman–Crippen LogP) is -0.441. The molecule has 23 heavy (non-hydrogen) atoms. The second kappa shape index (κ2) is 7.10. The van der Waals surface area contributed by atoms with Gasteiger partial charge in [-0.3, -0.25) is 23.6 Å². The average Bonchev–Trinajstić information content (AvgIpc) is 3.02. The van der Waals surface area contributed by atoms with Crippen molar-refractivity contribution in [1.29, 1.82) is 0 Å². The van der Waals surface area contributed by atoms with Gasteiger partial charge in [-0.2, -0.15) is 0 Å². The third kappa shape index (κ3) is 3.98. The van der Waals surface area contributed by atoms with Gasteiger partial charge in [0, 0.05) is 25.9 Å². The maximum absolute atomic E-state index is 12.1. The topological polar surface area (TPSA) is 89.5 Å². The number of likely N-dealkylation sites (N-methyl/N-ethyl adjacent to an activating group) is 1. The first-order valence-corrected chi connectivity index (χ1v) is 7.13. The lowest BCUT2D eigenvalue weighted by Gasteiger charge is -2.22. The number of amides is 1. The Morgan fingerprint density at radius 1 is 1.35 bits per heavy atom. The molecule has 2 rings (SSSR count). The highest BCUT2D eigenvalue weighted by atomic mass is 16.3. The number of furan rings is 1. The zero-order chi connectivity index (χ0) is 17.0.